The van der Waals surface area contributed by atoms with E-state index in [0.717, 1.165) is 24.0 Å². The normalized spacial score (nSPS) is 24.8. The van der Waals surface area contributed by atoms with Crippen LogP contribution in [0.4, 0.5) is 0 Å². The van der Waals surface area contributed by atoms with E-state index in [4.69, 9.17) is 5.73 Å². The van der Waals surface area contributed by atoms with Crippen molar-refractivity contribution in [2.75, 3.05) is 6.54 Å². The second-order valence-electron chi connectivity index (χ2n) is 5.85. The standard InChI is InChI=1S/C15H24N2O2S/c1-11-7-8-12(2)17(10-11)20(18,19)15-6-4-5-14(9-16)13(15)3/h4-6,11-12H,7-10,16H2,1-3H3. The predicted octanol–water partition coefficient (Wildman–Crippen LogP) is 2.26. The lowest BCUT2D eigenvalue weighted by atomic mass is 9.97. The summed E-state index contributed by atoms with van der Waals surface area (Å²) in [4.78, 5) is 0.404. The highest BCUT2D eigenvalue weighted by Crippen LogP contribution is 2.30. The van der Waals surface area contributed by atoms with Crippen LogP contribution in [0.2, 0.25) is 0 Å². The first-order valence-electron chi connectivity index (χ1n) is 7.18. The van der Waals surface area contributed by atoms with E-state index in [1.165, 1.54) is 0 Å². The minimum atomic E-state index is -3.43. The lowest BCUT2D eigenvalue weighted by Crippen LogP contribution is -2.45. The molecule has 1 aliphatic heterocycles. The van der Waals surface area contributed by atoms with Crippen LogP contribution in [0.3, 0.4) is 0 Å². The quantitative estimate of drug-likeness (QED) is 0.930. The molecular formula is C15H24N2O2S. The van der Waals surface area contributed by atoms with Crippen molar-refractivity contribution in [1.29, 1.82) is 0 Å². The van der Waals surface area contributed by atoms with Gasteiger partial charge < -0.3 is 5.73 Å². The molecule has 2 unspecified atom stereocenters. The first kappa shape index (κ1) is 15.5. The molecular weight excluding hydrogens is 272 g/mol. The molecule has 4 nitrogen and oxygen atoms in total. The van der Waals surface area contributed by atoms with Crippen LogP contribution >= 0.6 is 0 Å². The fourth-order valence-electron chi connectivity index (χ4n) is 2.87. The molecule has 0 saturated carbocycles. The maximum atomic E-state index is 12.9. The second kappa shape index (κ2) is 5.84. The van der Waals surface area contributed by atoms with Gasteiger partial charge in [0.1, 0.15) is 0 Å². The molecule has 2 rings (SSSR count). The summed E-state index contributed by atoms with van der Waals surface area (Å²) in [5.74, 6) is 0.416. The van der Waals surface area contributed by atoms with Gasteiger partial charge in [-0.2, -0.15) is 4.31 Å². The topological polar surface area (TPSA) is 63.4 Å². The Bertz CT molecular complexity index is 584. The number of nitrogens with zero attached hydrogens (tertiary/aromatic N) is 1. The van der Waals surface area contributed by atoms with Crippen LogP contribution in [0.25, 0.3) is 0 Å². The lowest BCUT2D eigenvalue weighted by Gasteiger charge is -2.36. The van der Waals surface area contributed by atoms with Crippen molar-refractivity contribution in [2.45, 2.75) is 51.1 Å². The summed E-state index contributed by atoms with van der Waals surface area (Å²) < 4.78 is 27.5. The summed E-state index contributed by atoms with van der Waals surface area (Å²) in [7, 11) is -3.43. The van der Waals surface area contributed by atoms with Gasteiger partial charge in [0.2, 0.25) is 10.0 Å². The summed E-state index contributed by atoms with van der Waals surface area (Å²) in [6.07, 6.45) is 2.02. The van der Waals surface area contributed by atoms with Crippen LogP contribution in [0.15, 0.2) is 23.1 Å². The Morgan fingerprint density at radius 3 is 2.65 bits per heavy atom. The Labute approximate surface area is 122 Å². The molecule has 0 aromatic heterocycles. The van der Waals surface area contributed by atoms with Crippen molar-refractivity contribution in [3.05, 3.63) is 29.3 Å². The van der Waals surface area contributed by atoms with Crippen molar-refractivity contribution in [3.8, 4) is 0 Å². The fourth-order valence-corrected chi connectivity index (χ4v) is 4.92. The number of rotatable bonds is 3. The number of hydrogen-bond acceptors (Lipinski definition) is 3. The number of nitrogens with two attached hydrogens (primary N) is 1. The van der Waals surface area contributed by atoms with Gasteiger partial charge in [0.25, 0.3) is 0 Å². The molecule has 1 aromatic rings. The predicted molar refractivity (Wildman–Crippen MR) is 80.8 cm³/mol. The first-order valence-corrected chi connectivity index (χ1v) is 8.62. The Hall–Kier alpha value is -0.910. The summed E-state index contributed by atoms with van der Waals surface area (Å²) >= 11 is 0. The molecule has 5 heteroatoms. The smallest absolute Gasteiger partial charge is 0.243 e. The molecule has 2 atom stereocenters. The van der Waals surface area contributed by atoms with Gasteiger partial charge in [0, 0.05) is 19.1 Å². The molecule has 112 valence electrons. The highest BCUT2D eigenvalue weighted by Gasteiger charge is 2.34. The van der Waals surface area contributed by atoms with Gasteiger partial charge in [-0.3, -0.25) is 0 Å². The van der Waals surface area contributed by atoms with Crippen LogP contribution in [0.5, 0.6) is 0 Å². The van der Waals surface area contributed by atoms with E-state index in [1.807, 2.05) is 19.9 Å². The highest BCUT2D eigenvalue weighted by molar-refractivity contribution is 7.89. The van der Waals surface area contributed by atoms with E-state index in [0.29, 0.717) is 23.9 Å². The van der Waals surface area contributed by atoms with E-state index >= 15 is 0 Å². The molecule has 1 aromatic carbocycles. The summed E-state index contributed by atoms with van der Waals surface area (Å²) in [5.41, 5.74) is 7.35. The van der Waals surface area contributed by atoms with Crippen LogP contribution < -0.4 is 5.73 Å². The SMILES string of the molecule is Cc1c(CN)cccc1S(=O)(=O)N1CC(C)CCC1C. The Morgan fingerprint density at radius 1 is 1.30 bits per heavy atom. The van der Waals surface area contributed by atoms with Crippen molar-refractivity contribution in [2.24, 2.45) is 11.7 Å². The Morgan fingerprint density at radius 2 is 2.00 bits per heavy atom. The van der Waals surface area contributed by atoms with Crippen molar-refractivity contribution in [3.63, 3.8) is 0 Å². The van der Waals surface area contributed by atoms with Crippen LogP contribution in [-0.4, -0.2) is 25.3 Å². The number of piperidine rings is 1. The third kappa shape index (κ3) is 2.75. The van der Waals surface area contributed by atoms with Crippen molar-refractivity contribution in [1.82, 2.24) is 4.31 Å². The molecule has 1 fully saturated rings. The van der Waals surface area contributed by atoms with Gasteiger partial charge in [0.15, 0.2) is 0 Å². The maximum Gasteiger partial charge on any atom is 0.243 e. The van der Waals surface area contributed by atoms with Crippen LogP contribution in [-0.2, 0) is 16.6 Å². The summed E-state index contributed by atoms with van der Waals surface area (Å²) in [6, 6.07) is 5.42. The lowest BCUT2D eigenvalue weighted by molar-refractivity contribution is 0.218. The fraction of sp³-hybridized carbons (Fsp3) is 0.600. The number of benzene rings is 1. The zero-order chi connectivity index (χ0) is 14.9. The van der Waals surface area contributed by atoms with E-state index in [1.54, 1.807) is 16.4 Å². The Kier molecular flexibility index (Phi) is 4.52. The van der Waals surface area contributed by atoms with E-state index in [2.05, 4.69) is 6.92 Å². The average Bonchev–Trinajstić information content (AvgIpc) is 2.41. The van der Waals surface area contributed by atoms with Gasteiger partial charge >= 0.3 is 0 Å². The third-order valence-electron chi connectivity index (χ3n) is 4.26. The Balaban J connectivity index is 2.44. The van der Waals surface area contributed by atoms with Gasteiger partial charge in [-0.05, 0) is 49.8 Å². The minimum absolute atomic E-state index is 0.0668. The zero-order valence-electron chi connectivity index (χ0n) is 12.5. The first-order chi connectivity index (χ1) is 9.37. The highest BCUT2D eigenvalue weighted by atomic mass is 32.2. The summed E-state index contributed by atoms with van der Waals surface area (Å²) in [6.45, 7) is 6.91. The number of hydrogen-bond donors (Lipinski definition) is 1. The number of sulfonamides is 1. The van der Waals surface area contributed by atoms with Crippen molar-refractivity contribution < 1.29 is 8.42 Å². The molecule has 0 aliphatic carbocycles. The van der Waals surface area contributed by atoms with E-state index in [-0.39, 0.29) is 6.04 Å². The van der Waals surface area contributed by atoms with E-state index < -0.39 is 10.0 Å². The zero-order valence-corrected chi connectivity index (χ0v) is 13.3. The molecule has 0 spiro atoms. The largest absolute Gasteiger partial charge is 0.326 e. The molecule has 0 amide bonds. The average molecular weight is 296 g/mol. The van der Waals surface area contributed by atoms with Crippen LogP contribution in [0, 0.1) is 12.8 Å². The monoisotopic (exact) mass is 296 g/mol. The maximum absolute atomic E-state index is 12.9. The van der Waals surface area contributed by atoms with Crippen LogP contribution in [0.1, 0.15) is 37.8 Å². The molecule has 0 radical (unpaired) electrons. The molecule has 1 aliphatic rings. The third-order valence-corrected chi connectivity index (χ3v) is 6.39. The van der Waals surface area contributed by atoms with Gasteiger partial charge in [-0.1, -0.05) is 19.1 Å². The van der Waals surface area contributed by atoms with Crippen molar-refractivity contribution >= 4 is 10.0 Å². The molecule has 0 bridgehead atoms. The van der Waals surface area contributed by atoms with Gasteiger partial charge in [0.05, 0.1) is 4.90 Å². The molecule has 2 N–H and O–H groups in total. The van der Waals surface area contributed by atoms with E-state index in [9.17, 15) is 8.42 Å². The minimum Gasteiger partial charge on any atom is -0.326 e. The van der Waals surface area contributed by atoms with Gasteiger partial charge in [-0.25, -0.2) is 8.42 Å². The molecule has 1 heterocycles. The van der Waals surface area contributed by atoms with Gasteiger partial charge in [-0.15, -0.1) is 0 Å². The summed E-state index contributed by atoms with van der Waals surface area (Å²) in [5, 5.41) is 0. The molecule has 1 saturated heterocycles. The second-order valence-corrected chi connectivity index (χ2v) is 7.71. The molecule has 20 heavy (non-hydrogen) atoms.